The van der Waals surface area contributed by atoms with E-state index >= 15 is 0 Å². The highest BCUT2D eigenvalue weighted by Crippen LogP contribution is 2.23. The number of amides is 1. The lowest BCUT2D eigenvalue weighted by Gasteiger charge is -2.23. The van der Waals surface area contributed by atoms with E-state index in [-0.39, 0.29) is 5.91 Å². The molecule has 1 aromatic heterocycles. The third-order valence-electron chi connectivity index (χ3n) is 4.22. The van der Waals surface area contributed by atoms with E-state index in [1.54, 1.807) is 18.6 Å². The van der Waals surface area contributed by atoms with E-state index in [2.05, 4.69) is 32.7 Å². The van der Waals surface area contributed by atoms with Gasteiger partial charge in [-0.2, -0.15) is 0 Å². The summed E-state index contributed by atoms with van der Waals surface area (Å²) in [6, 6.07) is 7.99. The van der Waals surface area contributed by atoms with Gasteiger partial charge in [0.05, 0.1) is 5.69 Å². The van der Waals surface area contributed by atoms with Crippen LogP contribution in [0.15, 0.2) is 42.9 Å². The highest BCUT2D eigenvalue weighted by atomic mass is 16.1. The Labute approximate surface area is 136 Å². The van der Waals surface area contributed by atoms with Crippen LogP contribution in [-0.4, -0.2) is 35.5 Å². The van der Waals surface area contributed by atoms with E-state index in [1.165, 1.54) is 18.4 Å². The second kappa shape index (κ2) is 7.83. The van der Waals surface area contributed by atoms with E-state index in [9.17, 15) is 4.79 Å². The first-order chi connectivity index (χ1) is 11.3. The molecule has 2 aromatic rings. The van der Waals surface area contributed by atoms with Crippen LogP contribution in [0, 0.1) is 0 Å². The molecule has 0 saturated carbocycles. The molecule has 2 heterocycles. The van der Waals surface area contributed by atoms with Crippen LogP contribution in [0.3, 0.4) is 0 Å². The molecule has 3 rings (SSSR count). The Bertz CT molecular complexity index is 621. The Kier molecular flexibility index (Phi) is 5.32. The summed E-state index contributed by atoms with van der Waals surface area (Å²) in [5, 5.41) is 6.35. The fourth-order valence-corrected chi connectivity index (χ4v) is 2.91. The number of rotatable bonds is 5. The average molecular weight is 310 g/mol. The van der Waals surface area contributed by atoms with Gasteiger partial charge in [0.1, 0.15) is 0 Å². The summed E-state index contributed by atoms with van der Waals surface area (Å²) < 4.78 is 0. The summed E-state index contributed by atoms with van der Waals surface area (Å²) in [5.41, 5.74) is 2.90. The standard InChI is InChI=1S/C18H22N4O/c23-18(22-9-7-17-13-20-10-11-21-17)15-5-3-14(4-6-15)16-2-1-8-19-12-16/h3-6,10-11,13,16,19H,1-2,7-9,12H2,(H,22,23). The second-order valence-corrected chi connectivity index (χ2v) is 5.87. The van der Waals surface area contributed by atoms with Gasteiger partial charge >= 0.3 is 0 Å². The number of nitrogens with one attached hydrogen (secondary N) is 2. The van der Waals surface area contributed by atoms with E-state index in [4.69, 9.17) is 0 Å². The molecule has 1 aliphatic heterocycles. The van der Waals surface area contributed by atoms with E-state index in [0.29, 0.717) is 24.4 Å². The smallest absolute Gasteiger partial charge is 0.251 e. The Hall–Kier alpha value is -2.27. The summed E-state index contributed by atoms with van der Waals surface area (Å²) in [6.07, 6.45) is 8.15. The van der Waals surface area contributed by atoms with Gasteiger partial charge in [-0.1, -0.05) is 12.1 Å². The van der Waals surface area contributed by atoms with Gasteiger partial charge in [-0.25, -0.2) is 0 Å². The molecule has 1 unspecified atom stereocenters. The summed E-state index contributed by atoms with van der Waals surface area (Å²) in [4.78, 5) is 20.4. The molecule has 1 fully saturated rings. The number of piperidine rings is 1. The molecule has 0 aliphatic carbocycles. The Morgan fingerprint density at radius 3 is 2.83 bits per heavy atom. The monoisotopic (exact) mass is 310 g/mol. The predicted molar refractivity (Wildman–Crippen MR) is 89.4 cm³/mol. The predicted octanol–water partition coefficient (Wildman–Crippen LogP) is 1.92. The summed E-state index contributed by atoms with van der Waals surface area (Å²) in [7, 11) is 0. The van der Waals surface area contributed by atoms with Crippen molar-refractivity contribution in [3.63, 3.8) is 0 Å². The number of hydrogen-bond acceptors (Lipinski definition) is 4. The molecule has 1 saturated heterocycles. The van der Waals surface area contributed by atoms with E-state index in [0.717, 1.165) is 18.8 Å². The second-order valence-electron chi connectivity index (χ2n) is 5.87. The van der Waals surface area contributed by atoms with Crippen LogP contribution in [-0.2, 0) is 6.42 Å². The van der Waals surface area contributed by atoms with Crippen LogP contribution < -0.4 is 10.6 Å². The van der Waals surface area contributed by atoms with E-state index < -0.39 is 0 Å². The maximum Gasteiger partial charge on any atom is 0.251 e. The zero-order valence-electron chi connectivity index (χ0n) is 13.2. The van der Waals surface area contributed by atoms with Crippen LogP contribution in [0.5, 0.6) is 0 Å². The molecule has 120 valence electrons. The van der Waals surface area contributed by atoms with Gasteiger partial charge in [0.25, 0.3) is 5.91 Å². The molecule has 1 atom stereocenters. The molecule has 1 aromatic carbocycles. The maximum absolute atomic E-state index is 12.2. The van der Waals surface area contributed by atoms with Gasteiger partial charge < -0.3 is 10.6 Å². The third-order valence-corrected chi connectivity index (χ3v) is 4.22. The van der Waals surface area contributed by atoms with Crippen LogP contribution in [0.4, 0.5) is 0 Å². The van der Waals surface area contributed by atoms with Crippen molar-refractivity contribution in [3.8, 4) is 0 Å². The van der Waals surface area contributed by atoms with Crippen molar-refractivity contribution in [2.75, 3.05) is 19.6 Å². The van der Waals surface area contributed by atoms with Crippen LogP contribution >= 0.6 is 0 Å². The molecule has 1 amide bonds. The van der Waals surface area contributed by atoms with Gasteiger partial charge in [-0.3, -0.25) is 14.8 Å². The number of carbonyl (C=O) groups excluding carboxylic acids is 1. The molecule has 1 aliphatic rings. The van der Waals surface area contributed by atoms with Crippen molar-refractivity contribution in [2.24, 2.45) is 0 Å². The molecule has 0 bridgehead atoms. The Morgan fingerprint density at radius 1 is 1.26 bits per heavy atom. The molecular weight excluding hydrogens is 288 g/mol. The third kappa shape index (κ3) is 4.36. The SMILES string of the molecule is O=C(NCCc1cnccn1)c1ccc(C2CCCNC2)cc1. The van der Waals surface area contributed by atoms with Crippen molar-refractivity contribution >= 4 is 5.91 Å². The molecule has 23 heavy (non-hydrogen) atoms. The highest BCUT2D eigenvalue weighted by molar-refractivity contribution is 5.94. The maximum atomic E-state index is 12.2. The topological polar surface area (TPSA) is 66.9 Å². The van der Waals surface area contributed by atoms with Gasteiger partial charge in [0.15, 0.2) is 0 Å². The zero-order chi connectivity index (χ0) is 15.9. The molecule has 0 radical (unpaired) electrons. The summed E-state index contributed by atoms with van der Waals surface area (Å²) in [6.45, 7) is 2.71. The molecular formula is C18H22N4O. The molecule has 2 N–H and O–H groups in total. The lowest BCUT2D eigenvalue weighted by molar-refractivity contribution is 0.0954. The fraction of sp³-hybridized carbons (Fsp3) is 0.389. The Balaban J connectivity index is 1.51. The lowest BCUT2D eigenvalue weighted by Crippen LogP contribution is -2.28. The number of nitrogens with zero attached hydrogens (tertiary/aromatic N) is 2. The van der Waals surface area contributed by atoms with E-state index in [1.807, 2.05) is 12.1 Å². The number of benzene rings is 1. The summed E-state index contributed by atoms with van der Waals surface area (Å²) in [5.74, 6) is 0.528. The zero-order valence-corrected chi connectivity index (χ0v) is 13.2. The van der Waals surface area contributed by atoms with Gasteiger partial charge in [-0.05, 0) is 43.0 Å². The minimum absolute atomic E-state index is 0.0396. The van der Waals surface area contributed by atoms with Crippen molar-refractivity contribution in [3.05, 3.63) is 59.7 Å². The van der Waals surface area contributed by atoms with Gasteiger partial charge in [0.2, 0.25) is 0 Å². The minimum Gasteiger partial charge on any atom is -0.352 e. The average Bonchev–Trinajstić information content (AvgIpc) is 2.63. The first kappa shape index (κ1) is 15.6. The number of carbonyl (C=O) groups is 1. The van der Waals surface area contributed by atoms with Crippen LogP contribution in [0.2, 0.25) is 0 Å². The number of hydrogen-bond donors (Lipinski definition) is 2. The molecule has 5 heteroatoms. The molecule has 5 nitrogen and oxygen atoms in total. The van der Waals surface area contributed by atoms with Crippen molar-refractivity contribution in [1.82, 2.24) is 20.6 Å². The van der Waals surface area contributed by atoms with Crippen molar-refractivity contribution in [2.45, 2.75) is 25.2 Å². The first-order valence-electron chi connectivity index (χ1n) is 8.17. The van der Waals surface area contributed by atoms with Crippen LogP contribution in [0.1, 0.15) is 40.4 Å². The van der Waals surface area contributed by atoms with Gasteiger partial charge in [0, 0.05) is 43.7 Å². The summed E-state index contributed by atoms with van der Waals surface area (Å²) >= 11 is 0. The first-order valence-corrected chi connectivity index (χ1v) is 8.17. The Morgan fingerprint density at radius 2 is 2.13 bits per heavy atom. The van der Waals surface area contributed by atoms with Crippen molar-refractivity contribution < 1.29 is 4.79 Å². The highest BCUT2D eigenvalue weighted by Gasteiger charge is 2.15. The van der Waals surface area contributed by atoms with Crippen molar-refractivity contribution in [1.29, 1.82) is 0 Å². The fourth-order valence-electron chi connectivity index (χ4n) is 2.91. The normalized spacial score (nSPS) is 17.7. The van der Waals surface area contributed by atoms with Gasteiger partial charge in [-0.15, -0.1) is 0 Å². The number of aromatic nitrogens is 2. The lowest BCUT2D eigenvalue weighted by atomic mass is 9.91. The molecule has 0 spiro atoms. The largest absolute Gasteiger partial charge is 0.352 e. The van der Waals surface area contributed by atoms with Crippen LogP contribution in [0.25, 0.3) is 0 Å². The quantitative estimate of drug-likeness (QED) is 0.885. The minimum atomic E-state index is -0.0396.